The number of rotatable bonds is 2. The lowest BCUT2D eigenvalue weighted by molar-refractivity contribution is 0.0699. The van der Waals surface area contributed by atoms with E-state index in [0.29, 0.717) is 17.6 Å². The van der Waals surface area contributed by atoms with Crippen molar-refractivity contribution in [2.45, 2.75) is 6.04 Å². The van der Waals surface area contributed by atoms with Crippen LogP contribution in [0.25, 0.3) is 11.0 Å². The molecule has 4 rings (SSSR count). The molecule has 1 atom stereocenters. The van der Waals surface area contributed by atoms with E-state index in [9.17, 15) is 9.90 Å². The van der Waals surface area contributed by atoms with Crippen LogP contribution < -0.4 is 4.74 Å². The van der Waals surface area contributed by atoms with E-state index in [2.05, 4.69) is 10.3 Å². The first kappa shape index (κ1) is 11.9. The van der Waals surface area contributed by atoms with Gasteiger partial charge in [-0.2, -0.15) is 0 Å². The van der Waals surface area contributed by atoms with E-state index in [-0.39, 0.29) is 11.6 Å². The summed E-state index contributed by atoms with van der Waals surface area (Å²) in [6.45, 7) is 0.467. The Bertz CT molecular complexity index is 856. The van der Waals surface area contributed by atoms with Crippen LogP contribution in [-0.2, 0) is 0 Å². The third-order valence-electron chi connectivity index (χ3n) is 3.70. The summed E-state index contributed by atoms with van der Waals surface area (Å²) in [5.41, 5.74) is 2.28. The molecular weight excluding hydrogens is 270 g/mol. The lowest BCUT2D eigenvalue weighted by Gasteiger charge is -2.09. The Morgan fingerprint density at radius 3 is 2.95 bits per heavy atom. The maximum absolute atomic E-state index is 11.2. The molecule has 21 heavy (non-hydrogen) atoms. The molecule has 1 aliphatic heterocycles. The fourth-order valence-corrected chi connectivity index (χ4v) is 2.71. The number of fused-ring (bicyclic) bond motifs is 2. The second-order valence-corrected chi connectivity index (χ2v) is 4.88. The van der Waals surface area contributed by atoms with Crippen LogP contribution in [0, 0.1) is 0 Å². The van der Waals surface area contributed by atoms with Crippen LogP contribution >= 0.6 is 0 Å². The number of para-hydroxylation sites is 1. The van der Waals surface area contributed by atoms with Gasteiger partial charge >= 0.3 is 5.97 Å². The molecule has 0 fully saturated rings. The van der Waals surface area contributed by atoms with Gasteiger partial charge in [-0.15, -0.1) is 5.10 Å². The van der Waals surface area contributed by atoms with Gasteiger partial charge in [0.25, 0.3) is 0 Å². The van der Waals surface area contributed by atoms with Crippen molar-refractivity contribution in [3.8, 4) is 5.75 Å². The number of ether oxygens (including phenoxy) is 1. The smallest absolute Gasteiger partial charge is 0.338 e. The molecule has 1 aromatic heterocycles. The molecule has 0 saturated carbocycles. The Hall–Kier alpha value is -2.89. The molecule has 0 saturated heterocycles. The zero-order chi connectivity index (χ0) is 14.4. The minimum Gasteiger partial charge on any atom is -0.491 e. The SMILES string of the molecule is O=C(O)c1cccc2c1nnn2C1COc2ccccc21. The predicted molar refractivity (Wildman–Crippen MR) is 74.6 cm³/mol. The van der Waals surface area contributed by atoms with Crippen LogP contribution in [-0.4, -0.2) is 32.7 Å². The number of aromatic nitrogens is 3. The number of carboxylic acid groups (broad SMARTS) is 1. The van der Waals surface area contributed by atoms with Gasteiger partial charge in [0.15, 0.2) is 0 Å². The third-order valence-corrected chi connectivity index (χ3v) is 3.70. The first-order valence-electron chi connectivity index (χ1n) is 6.54. The van der Waals surface area contributed by atoms with Gasteiger partial charge in [-0.25, -0.2) is 9.48 Å². The summed E-state index contributed by atoms with van der Waals surface area (Å²) in [4.78, 5) is 11.2. The number of carbonyl (C=O) groups is 1. The fourth-order valence-electron chi connectivity index (χ4n) is 2.71. The standard InChI is InChI=1S/C15H11N3O3/c19-15(20)10-5-3-6-11-14(10)16-17-18(11)12-8-21-13-7-2-1-4-9(12)13/h1-7,12H,8H2,(H,19,20). The van der Waals surface area contributed by atoms with E-state index >= 15 is 0 Å². The number of nitrogens with zero attached hydrogens (tertiary/aromatic N) is 3. The summed E-state index contributed by atoms with van der Waals surface area (Å²) in [6.07, 6.45) is 0. The Balaban J connectivity index is 1.90. The van der Waals surface area contributed by atoms with Crippen molar-refractivity contribution in [2.24, 2.45) is 0 Å². The molecule has 1 unspecified atom stereocenters. The highest BCUT2D eigenvalue weighted by atomic mass is 16.5. The minimum absolute atomic E-state index is 0.0877. The highest BCUT2D eigenvalue weighted by Crippen LogP contribution is 2.35. The fraction of sp³-hybridized carbons (Fsp3) is 0.133. The van der Waals surface area contributed by atoms with E-state index in [1.54, 1.807) is 10.7 Å². The number of hydrogen-bond acceptors (Lipinski definition) is 4. The molecule has 1 aliphatic rings. The van der Waals surface area contributed by atoms with Gasteiger partial charge in [-0.05, 0) is 18.2 Å². The normalized spacial score (nSPS) is 16.7. The van der Waals surface area contributed by atoms with Crippen LogP contribution in [0.15, 0.2) is 42.5 Å². The van der Waals surface area contributed by atoms with Crippen LogP contribution in [0.2, 0.25) is 0 Å². The average Bonchev–Trinajstić information content (AvgIpc) is 3.09. The number of benzene rings is 2. The third kappa shape index (κ3) is 1.69. The minimum atomic E-state index is -1.00. The van der Waals surface area contributed by atoms with E-state index in [1.165, 1.54) is 6.07 Å². The zero-order valence-corrected chi connectivity index (χ0v) is 10.9. The van der Waals surface area contributed by atoms with Gasteiger partial charge in [0.05, 0.1) is 11.1 Å². The summed E-state index contributed by atoms with van der Waals surface area (Å²) < 4.78 is 7.39. The molecule has 0 amide bonds. The first-order chi connectivity index (χ1) is 10.3. The van der Waals surface area contributed by atoms with Gasteiger partial charge < -0.3 is 9.84 Å². The van der Waals surface area contributed by atoms with Gasteiger partial charge in [-0.3, -0.25) is 0 Å². The molecule has 2 aromatic carbocycles. The van der Waals surface area contributed by atoms with Crippen molar-refractivity contribution in [2.75, 3.05) is 6.61 Å². The van der Waals surface area contributed by atoms with E-state index in [4.69, 9.17) is 4.74 Å². The first-order valence-corrected chi connectivity index (χ1v) is 6.54. The second kappa shape index (κ2) is 4.31. The molecule has 6 nitrogen and oxygen atoms in total. The maximum Gasteiger partial charge on any atom is 0.338 e. The maximum atomic E-state index is 11.2. The molecule has 0 aliphatic carbocycles. The Morgan fingerprint density at radius 1 is 1.24 bits per heavy atom. The highest BCUT2D eigenvalue weighted by molar-refractivity contribution is 6.00. The van der Waals surface area contributed by atoms with Crippen molar-refractivity contribution >= 4 is 17.0 Å². The van der Waals surface area contributed by atoms with Crippen LogP contribution in [0.1, 0.15) is 22.0 Å². The predicted octanol–water partition coefficient (Wildman–Crippen LogP) is 2.11. The molecule has 0 bridgehead atoms. The Labute approximate surface area is 119 Å². The zero-order valence-electron chi connectivity index (χ0n) is 10.9. The summed E-state index contributed by atoms with van der Waals surface area (Å²) in [6, 6.07) is 12.7. The van der Waals surface area contributed by atoms with E-state index in [1.807, 2.05) is 30.3 Å². The number of carboxylic acids is 1. The van der Waals surface area contributed by atoms with Gasteiger partial charge in [0.1, 0.15) is 23.9 Å². The van der Waals surface area contributed by atoms with Crippen molar-refractivity contribution in [1.29, 1.82) is 0 Å². The summed E-state index contributed by atoms with van der Waals surface area (Å²) in [5.74, 6) is -0.170. The number of aromatic carboxylic acids is 1. The molecule has 3 aromatic rings. The molecular formula is C15H11N3O3. The second-order valence-electron chi connectivity index (χ2n) is 4.88. The molecule has 1 N–H and O–H groups in total. The van der Waals surface area contributed by atoms with Crippen LogP contribution in [0.3, 0.4) is 0 Å². The molecule has 2 heterocycles. The van der Waals surface area contributed by atoms with Crippen LogP contribution in [0.5, 0.6) is 5.75 Å². The van der Waals surface area contributed by atoms with Crippen LogP contribution in [0.4, 0.5) is 0 Å². The lowest BCUT2D eigenvalue weighted by Crippen LogP contribution is -2.13. The van der Waals surface area contributed by atoms with Crippen molar-refractivity contribution in [3.05, 3.63) is 53.6 Å². The van der Waals surface area contributed by atoms with Crippen molar-refractivity contribution < 1.29 is 14.6 Å². The number of hydrogen-bond donors (Lipinski definition) is 1. The van der Waals surface area contributed by atoms with Gasteiger partial charge in [0.2, 0.25) is 0 Å². The monoisotopic (exact) mass is 281 g/mol. The van der Waals surface area contributed by atoms with Crippen molar-refractivity contribution in [3.63, 3.8) is 0 Å². The summed E-state index contributed by atoms with van der Waals surface area (Å²) in [5, 5.41) is 17.4. The summed E-state index contributed by atoms with van der Waals surface area (Å²) in [7, 11) is 0. The average molecular weight is 281 g/mol. The highest BCUT2D eigenvalue weighted by Gasteiger charge is 2.28. The molecule has 104 valence electrons. The Kier molecular flexibility index (Phi) is 2.44. The van der Waals surface area contributed by atoms with Gasteiger partial charge in [-0.1, -0.05) is 29.5 Å². The van der Waals surface area contributed by atoms with E-state index < -0.39 is 5.97 Å². The molecule has 0 radical (unpaired) electrons. The topological polar surface area (TPSA) is 77.2 Å². The molecule has 6 heteroatoms. The van der Waals surface area contributed by atoms with E-state index in [0.717, 1.165) is 11.3 Å². The largest absolute Gasteiger partial charge is 0.491 e. The molecule has 0 spiro atoms. The summed E-state index contributed by atoms with van der Waals surface area (Å²) >= 11 is 0. The van der Waals surface area contributed by atoms with Crippen molar-refractivity contribution in [1.82, 2.24) is 15.0 Å². The lowest BCUT2D eigenvalue weighted by atomic mass is 10.1. The quantitative estimate of drug-likeness (QED) is 0.778. The Morgan fingerprint density at radius 2 is 2.10 bits per heavy atom. The van der Waals surface area contributed by atoms with Gasteiger partial charge in [0, 0.05) is 5.56 Å².